The summed E-state index contributed by atoms with van der Waals surface area (Å²) in [6, 6.07) is 0. The third kappa shape index (κ3) is 2.40. The van der Waals surface area contributed by atoms with Crippen molar-refractivity contribution in [2.45, 2.75) is 64.9 Å². The standard InChI is InChI=1S/C20H28O3Si/c1-11(24)23-18-10-15-14(13-4-3-12(21)9-16(13)18)7-8-20(2)17(15)5-6-19(20)22/h9,13-15,17-18H,3-8,10,24H2,1-2H3/t13-,14-,15-,17+,18-,20+/m1/s1. The van der Waals surface area contributed by atoms with E-state index >= 15 is 0 Å². The summed E-state index contributed by atoms with van der Waals surface area (Å²) in [6.07, 6.45) is 8.61. The average Bonchev–Trinajstić information content (AvgIpc) is 2.83. The van der Waals surface area contributed by atoms with Crippen molar-refractivity contribution < 1.29 is 14.3 Å². The Bertz CT molecular complexity index is 637. The summed E-state index contributed by atoms with van der Waals surface area (Å²) < 4.78 is 6.19. The summed E-state index contributed by atoms with van der Waals surface area (Å²) in [5.74, 6) is 3.00. The van der Waals surface area contributed by atoms with Crippen molar-refractivity contribution >= 4 is 26.8 Å². The van der Waals surface area contributed by atoms with Gasteiger partial charge in [0.2, 0.25) is 0 Å². The molecule has 4 rings (SSSR count). The molecule has 130 valence electrons. The van der Waals surface area contributed by atoms with E-state index in [1.54, 1.807) is 9.85 Å². The maximum absolute atomic E-state index is 12.5. The first-order valence-corrected chi connectivity index (χ1v) is 10.2. The highest BCUT2D eigenvalue weighted by atomic mass is 28.1. The third-order valence-electron chi connectivity index (χ3n) is 7.38. The molecule has 0 aliphatic heterocycles. The molecule has 24 heavy (non-hydrogen) atoms. The van der Waals surface area contributed by atoms with E-state index in [0.717, 1.165) is 43.9 Å². The second-order valence-corrected chi connectivity index (χ2v) is 9.65. The fraction of sp³-hybridized carbons (Fsp3) is 0.750. The van der Waals surface area contributed by atoms with Gasteiger partial charge in [0.1, 0.15) is 11.9 Å². The minimum atomic E-state index is -0.0931. The molecule has 4 aliphatic carbocycles. The van der Waals surface area contributed by atoms with E-state index in [4.69, 9.17) is 4.74 Å². The van der Waals surface area contributed by atoms with Crippen LogP contribution in [0.2, 0.25) is 0 Å². The van der Waals surface area contributed by atoms with Crippen LogP contribution in [0, 0.1) is 29.1 Å². The van der Waals surface area contributed by atoms with Crippen LogP contribution in [0.1, 0.15) is 58.8 Å². The quantitative estimate of drug-likeness (QED) is 0.723. The van der Waals surface area contributed by atoms with E-state index < -0.39 is 0 Å². The molecule has 3 saturated carbocycles. The number of Topliss-reactive ketones (excluding diaryl/α,β-unsaturated/α-hetero) is 1. The molecular formula is C20H28O3Si. The Hall–Kier alpha value is -1.03. The number of ether oxygens (including phenoxy) is 1. The van der Waals surface area contributed by atoms with Crippen LogP contribution in [0.3, 0.4) is 0 Å². The van der Waals surface area contributed by atoms with E-state index in [0.29, 0.717) is 35.9 Å². The van der Waals surface area contributed by atoms with Crippen LogP contribution in [0.4, 0.5) is 0 Å². The van der Waals surface area contributed by atoms with Crippen LogP contribution < -0.4 is 0 Å². The lowest BCUT2D eigenvalue weighted by molar-refractivity contribution is -0.132. The van der Waals surface area contributed by atoms with Crippen LogP contribution >= 0.6 is 0 Å². The number of fused-ring (bicyclic) bond motifs is 5. The van der Waals surface area contributed by atoms with Crippen LogP contribution in [-0.2, 0) is 14.3 Å². The third-order valence-corrected chi connectivity index (χ3v) is 7.54. The lowest BCUT2D eigenvalue weighted by Crippen LogP contribution is -2.50. The zero-order chi connectivity index (χ0) is 17.1. The van der Waals surface area contributed by atoms with Crippen molar-refractivity contribution in [1.29, 1.82) is 0 Å². The number of carbonyl (C=O) groups excluding carboxylic acids is 2. The fourth-order valence-corrected chi connectivity index (χ4v) is 6.49. The molecule has 0 radical (unpaired) electrons. The Morgan fingerprint density at radius 1 is 1.21 bits per heavy atom. The number of hydrogen-bond donors (Lipinski definition) is 0. The molecule has 4 heteroatoms. The normalized spacial score (nSPS) is 44.2. The molecule has 0 unspecified atom stereocenters. The summed E-state index contributed by atoms with van der Waals surface area (Å²) in [4.78, 5) is 24.5. The Morgan fingerprint density at radius 3 is 2.75 bits per heavy atom. The van der Waals surface area contributed by atoms with Crippen molar-refractivity contribution in [2.75, 3.05) is 0 Å². The van der Waals surface area contributed by atoms with Gasteiger partial charge in [0.25, 0.3) is 0 Å². The molecule has 4 aliphatic rings. The molecule has 0 saturated heterocycles. The highest BCUT2D eigenvalue weighted by molar-refractivity contribution is 6.34. The Morgan fingerprint density at radius 2 is 2.00 bits per heavy atom. The minimum absolute atomic E-state index is 0.0519. The predicted molar refractivity (Wildman–Crippen MR) is 96.6 cm³/mol. The van der Waals surface area contributed by atoms with Gasteiger partial charge in [-0.3, -0.25) is 9.59 Å². The highest BCUT2D eigenvalue weighted by Crippen LogP contribution is 2.60. The molecule has 6 atom stereocenters. The summed E-state index contributed by atoms with van der Waals surface area (Å²) in [6.45, 7) is 4.22. The number of carbonyl (C=O) groups is 2. The Labute approximate surface area is 147 Å². The van der Waals surface area contributed by atoms with Gasteiger partial charge >= 0.3 is 0 Å². The molecule has 0 amide bonds. The van der Waals surface area contributed by atoms with E-state index in [1.165, 1.54) is 5.57 Å². The first-order valence-electron chi connectivity index (χ1n) is 9.50. The average molecular weight is 345 g/mol. The second-order valence-electron chi connectivity index (χ2n) is 8.65. The van der Waals surface area contributed by atoms with E-state index in [2.05, 4.69) is 6.92 Å². The molecule has 0 spiro atoms. The van der Waals surface area contributed by atoms with E-state index in [1.807, 2.05) is 13.0 Å². The molecule has 0 heterocycles. The van der Waals surface area contributed by atoms with Crippen LogP contribution in [0.25, 0.3) is 0 Å². The maximum atomic E-state index is 12.5. The van der Waals surface area contributed by atoms with Gasteiger partial charge in [0.15, 0.2) is 5.78 Å². The topological polar surface area (TPSA) is 43.4 Å². The zero-order valence-corrected chi connectivity index (χ0v) is 16.3. The second kappa shape index (κ2) is 5.75. The SMILES string of the molecule is CC(=[SiH2])O[C@@H]1C[C@@H]2[C@H](CC[C@]3(C)C(=O)CC[C@@H]23)[C@H]2CCC(=O)C=C12. The van der Waals surface area contributed by atoms with E-state index in [-0.39, 0.29) is 17.3 Å². The van der Waals surface area contributed by atoms with Gasteiger partial charge in [-0.1, -0.05) is 6.92 Å². The summed E-state index contributed by atoms with van der Waals surface area (Å²) >= 11 is 0. The van der Waals surface area contributed by atoms with Crippen molar-refractivity contribution in [2.24, 2.45) is 29.1 Å². The van der Waals surface area contributed by atoms with Gasteiger partial charge in [-0.15, -0.1) is 0 Å². The highest BCUT2D eigenvalue weighted by Gasteiger charge is 2.57. The Balaban J connectivity index is 1.69. The number of ketones is 2. The molecule has 0 bridgehead atoms. The Kier molecular flexibility index (Phi) is 3.94. The van der Waals surface area contributed by atoms with Crippen molar-refractivity contribution in [3.63, 3.8) is 0 Å². The van der Waals surface area contributed by atoms with E-state index in [9.17, 15) is 9.59 Å². The first kappa shape index (κ1) is 16.4. The van der Waals surface area contributed by atoms with Crippen LogP contribution in [0.15, 0.2) is 11.6 Å². The van der Waals surface area contributed by atoms with Gasteiger partial charge in [-0.05, 0) is 74.3 Å². The van der Waals surface area contributed by atoms with Crippen molar-refractivity contribution in [3.05, 3.63) is 11.6 Å². The maximum Gasteiger partial charge on any atom is 0.155 e. The van der Waals surface area contributed by atoms with Gasteiger partial charge < -0.3 is 4.74 Å². The summed E-state index contributed by atoms with van der Waals surface area (Å²) in [5.41, 5.74) is 1.16. The van der Waals surface area contributed by atoms with Gasteiger partial charge in [0, 0.05) is 28.1 Å². The van der Waals surface area contributed by atoms with Crippen LogP contribution in [0.5, 0.6) is 0 Å². The van der Waals surface area contributed by atoms with Gasteiger partial charge in [-0.25, -0.2) is 0 Å². The number of rotatable bonds is 2. The minimum Gasteiger partial charge on any atom is -0.497 e. The molecular weight excluding hydrogens is 316 g/mol. The monoisotopic (exact) mass is 344 g/mol. The largest absolute Gasteiger partial charge is 0.497 e. The van der Waals surface area contributed by atoms with Crippen LogP contribution in [-0.4, -0.2) is 32.9 Å². The summed E-state index contributed by atoms with van der Waals surface area (Å²) in [5, 5.41) is 0.997. The smallest absolute Gasteiger partial charge is 0.155 e. The lowest BCUT2D eigenvalue weighted by Gasteiger charge is -2.53. The molecule has 3 nitrogen and oxygen atoms in total. The van der Waals surface area contributed by atoms with Crippen molar-refractivity contribution in [1.82, 2.24) is 0 Å². The zero-order valence-electron chi connectivity index (χ0n) is 14.8. The molecule has 3 fully saturated rings. The molecule has 0 aromatic rings. The number of hydrogen-bond acceptors (Lipinski definition) is 3. The predicted octanol–water partition coefficient (Wildman–Crippen LogP) is 2.48. The first-order chi connectivity index (χ1) is 11.4. The fourth-order valence-electron chi connectivity index (χ4n) is 6.29. The lowest BCUT2D eigenvalue weighted by atomic mass is 9.52. The van der Waals surface area contributed by atoms with Crippen molar-refractivity contribution in [3.8, 4) is 0 Å². The summed E-state index contributed by atoms with van der Waals surface area (Å²) in [7, 11) is 1.78. The molecule has 0 N–H and O–H groups in total. The van der Waals surface area contributed by atoms with Gasteiger partial charge in [0.05, 0.1) is 5.35 Å². The molecule has 0 aromatic heterocycles. The molecule has 0 aromatic carbocycles. The van der Waals surface area contributed by atoms with Gasteiger partial charge in [-0.2, -0.15) is 0 Å².